The third kappa shape index (κ3) is 6.97. The monoisotopic (exact) mass is 292 g/mol. The summed E-state index contributed by atoms with van der Waals surface area (Å²) in [6.45, 7) is 6.25. The molecule has 0 aliphatic heterocycles. The summed E-state index contributed by atoms with van der Waals surface area (Å²) < 4.78 is 4.94. The Balaban J connectivity index is 4.53. The van der Waals surface area contributed by atoms with Crippen molar-refractivity contribution in [1.82, 2.24) is 0 Å². The summed E-state index contributed by atoms with van der Waals surface area (Å²) >= 11 is 0. The maximum Gasteiger partial charge on any atom is 0.331 e. The van der Waals surface area contributed by atoms with Crippen molar-refractivity contribution in [3.05, 3.63) is 12.2 Å². The van der Waals surface area contributed by atoms with Crippen molar-refractivity contribution in [3.8, 4) is 0 Å². The molecule has 0 aromatic heterocycles. The van der Waals surface area contributed by atoms with Gasteiger partial charge in [0.25, 0.3) is 0 Å². The van der Waals surface area contributed by atoms with Crippen LogP contribution in [0.1, 0.15) is 27.7 Å². The summed E-state index contributed by atoms with van der Waals surface area (Å²) in [7, 11) is 0. The van der Waals surface area contributed by atoms with Gasteiger partial charge in [-0.05, 0) is 33.8 Å². The van der Waals surface area contributed by atoms with Crippen LogP contribution in [0, 0.1) is 0 Å². The molecule has 0 rings (SSSR count). The third-order valence-electron chi connectivity index (χ3n) is 2.38. The number of esters is 1. The fraction of sp³-hybridized carbons (Fsp3) is 0.769. The minimum absolute atomic E-state index is 0.687. The first-order chi connectivity index (χ1) is 8.95. The molecule has 0 amide bonds. The minimum atomic E-state index is -1.76. The second-order valence-electron chi connectivity index (χ2n) is 5.60. The van der Waals surface area contributed by atoms with Crippen molar-refractivity contribution in [2.24, 2.45) is 0 Å². The SMILES string of the molecule is C[C@@H](O)[C@@H](O)[C@H](O)[C@H](O)[C@@H](O)/C=C/C(=O)OC(C)(C)C. The second kappa shape index (κ2) is 7.70. The van der Waals surface area contributed by atoms with Gasteiger partial charge in [-0.25, -0.2) is 4.79 Å². The molecule has 0 bridgehead atoms. The fourth-order valence-electron chi connectivity index (χ4n) is 1.32. The molecule has 5 N–H and O–H groups in total. The van der Waals surface area contributed by atoms with Gasteiger partial charge in [-0.15, -0.1) is 0 Å². The number of rotatable bonds is 6. The van der Waals surface area contributed by atoms with Crippen LogP contribution in [0.15, 0.2) is 12.2 Å². The van der Waals surface area contributed by atoms with E-state index in [1.807, 2.05) is 0 Å². The van der Waals surface area contributed by atoms with E-state index < -0.39 is 42.1 Å². The van der Waals surface area contributed by atoms with Gasteiger partial charge >= 0.3 is 5.97 Å². The zero-order chi connectivity index (χ0) is 16.1. The number of hydrogen-bond acceptors (Lipinski definition) is 7. The third-order valence-corrected chi connectivity index (χ3v) is 2.38. The highest BCUT2D eigenvalue weighted by molar-refractivity contribution is 5.82. The van der Waals surface area contributed by atoms with Crippen LogP contribution in [0.4, 0.5) is 0 Å². The van der Waals surface area contributed by atoms with Gasteiger partial charge in [0.2, 0.25) is 0 Å². The molecule has 0 saturated carbocycles. The van der Waals surface area contributed by atoms with Crippen LogP contribution >= 0.6 is 0 Å². The lowest BCUT2D eigenvalue weighted by Gasteiger charge is -2.26. The van der Waals surface area contributed by atoms with Gasteiger partial charge in [-0.1, -0.05) is 0 Å². The highest BCUT2D eigenvalue weighted by Crippen LogP contribution is 2.10. The van der Waals surface area contributed by atoms with Gasteiger partial charge in [0, 0.05) is 6.08 Å². The normalized spacial score (nSPS) is 20.2. The molecule has 7 nitrogen and oxygen atoms in total. The molecule has 0 aromatic rings. The van der Waals surface area contributed by atoms with Gasteiger partial charge in [-0.3, -0.25) is 0 Å². The minimum Gasteiger partial charge on any atom is -0.457 e. The lowest BCUT2D eigenvalue weighted by Crippen LogP contribution is -2.47. The summed E-state index contributed by atoms with van der Waals surface area (Å²) in [5, 5.41) is 47.1. The molecule has 0 spiro atoms. The number of aliphatic hydroxyl groups is 5. The van der Waals surface area contributed by atoms with Gasteiger partial charge in [0.05, 0.1) is 6.10 Å². The molecule has 5 atom stereocenters. The Bertz CT molecular complexity index is 332. The van der Waals surface area contributed by atoms with E-state index in [2.05, 4.69) is 0 Å². The molecule has 118 valence electrons. The molecule has 0 aliphatic rings. The Labute approximate surface area is 118 Å². The molecule has 0 aromatic carbocycles. The summed E-state index contributed by atoms with van der Waals surface area (Å²) in [4.78, 5) is 11.3. The van der Waals surface area contributed by atoms with E-state index in [0.29, 0.717) is 0 Å². The smallest absolute Gasteiger partial charge is 0.331 e. The van der Waals surface area contributed by atoms with Crippen LogP contribution in [0.5, 0.6) is 0 Å². The van der Waals surface area contributed by atoms with E-state index in [9.17, 15) is 25.2 Å². The molecule has 7 heteroatoms. The number of aliphatic hydroxyl groups excluding tert-OH is 5. The van der Waals surface area contributed by atoms with Crippen molar-refractivity contribution in [2.45, 2.75) is 63.8 Å². The van der Waals surface area contributed by atoms with E-state index >= 15 is 0 Å². The molecular weight excluding hydrogens is 268 g/mol. The molecule has 20 heavy (non-hydrogen) atoms. The molecule has 0 saturated heterocycles. The largest absolute Gasteiger partial charge is 0.457 e. The predicted octanol–water partition coefficient (Wildman–Crippen LogP) is -1.29. The average Bonchev–Trinajstić information content (AvgIpc) is 2.30. The Kier molecular flexibility index (Phi) is 7.32. The first kappa shape index (κ1) is 19.0. The lowest BCUT2D eigenvalue weighted by molar-refractivity contribution is -0.148. The maximum atomic E-state index is 11.3. The van der Waals surface area contributed by atoms with Crippen LogP contribution in [0.2, 0.25) is 0 Å². The quantitative estimate of drug-likeness (QED) is 0.304. The average molecular weight is 292 g/mol. The standard InChI is InChI=1S/C13H24O7/c1-7(14)10(17)12(19)11(18)8(15)5-6-9(16)20-13(2,3)4/h5-8,10-12,14-15,17-19H,1-4H3/b6-5+/t7-,8+,10-,11-,12+/m1/s1. The van der Waals surface area contributed by atoms with Gasteiger partial charge in [0.15, 0.2) is 0 Å². The molecule has 0 aliphatic carbocycles. The van der Waals surface area contributed by atoms with E-state index in [1.54, 1.807) is 20.8 Å². The van der Waals surface area contributed by atoms with Gasteiger partial charge in [-0.2, -0.15) is 0 Å². The number of hydrogen-bond donors (Lipinski definition) is 5. The second-order valence-corrected chi connectivity index (χ2v) is 5.60. The number of ether oxygens (including phenoxy) is 1. The molecule has 0 unspecified atom stereocenters. The predicted molar refractivity (Wildman–Crippen MR) is 70.7 cm³/mol. The maximum absolute atomic E-state index is 11.3. The van der Waals surface area contributed by atoms with Crippen molar-refractivity contribution in [1.29, 1.82) is 0 Å². The first-order valence-electron chi connectivity index (χ1n) is 6.27. The van der Waals surface area contributed by atoms with E-state index in [1.165, 1.54) is 6.92 Å². The number of carbonyl (C=O) groups excluding carboxylic acids is 1. The number of carbonyl (C=O) groups is 1. The zero-order valence-electron chi connectivity index (χ0n) is 12.1. The van der Waals surface area contributed by atoms with Crippen LogP contribution in [-0.2, 0) is 9.53 Å². The van der Waals surface area contributed by atoms with Crippen molar-refractivity contribution < 1.29 is 35.1 Å². The summed E-state index contributed by atoms with van der Waals surface area (Å²) in [5.74, 6) is -0.714. The van der Waals surface area contributed by atoms with Crippen molar-refractivity contribution in [3.63, 3.8) is 0 Å². The molecule has 0 fully saturated rings. The Morgan fingerprint density at radius 2 is 1.50 bits per heavy atom. The summed E-state index contributed by atoms with van der Waals surface area (Å²) in [6, 6.07) is 0. The highest BCUT2D eigenvalue weighted by Gasteiger charge is 2.31. The zero-order valence-corrected chi connectivity index (χ0v) is 12.1. The molecular formula is C13H24O7. The Morgan fingerprint density at radius 3 is 1.90 bits per heavy atom. The van der Waals surface area contributed by atoms with Crippen molar-refractivity contribution in [2.75, 3.05) is 0 Å². The van der Waals surface area contributed by atoms with E-state index in [0.717, 1.165) is 12.2 Å². The Morgan fingerprint density at radius 1 is 1.00 bits per heavy atom. The van der Waals surface area contributed by atoms with Crippen LogP contribution in [-0.4, -0.2) is 67.6 Å². The van der Waals surface area contributed by atoms with Crippen LogP contribution in [0.25, 0.3) is 0 Å². The van der Waals surface area contributed by atoms with Crippen LogP contribution < -0.4 is 0 Å². The summed E-state index contributed by atoms with van der Waals surface area (Å²) in [6.07, 6.45) is -6.13. The first-order valence-corrected chi connectivity index (χ1v) is 6.27. The lowest BCUT2D eigenvalue weighted by atomic mass is 10.00. The topological polar surface area (TPSA) is 127 Å². The fourth-order valence-corrected chi connectivity index (χ4v) is 1.32. The highest BCUT2D eigenvalue weighted by atomic mass is 16.6. The molecule has 0 heterocycles. The van der Waals surface area contributed by atoms with Crippen LogP contribution in [0.3, 0.4) is 0 Å². The van der Waals surface area contributed by atoms with E-state index in [-0.39, 0.29) is 0 Å². The van der Waals surface area contributed by atoms with Gasteiger partial charge < -0.3 is 30.3 Å². The van der Waals surface area contributed by atoms with E-state index in [4.69, 9.17) is 9.84 Å². The van der Waals surface area contributed by atoms with Crippen molar-refractivity contribution >= 4 is 5.97 Å². The molecule has 0 radical (unpaired) electrons. The summed E-state index contributed by atoms with van der Waals surface area (Å²) in [5.41, 5.74) is -0.687. The van der Waals surface area contributed by atoms with Gasteiger partial charge in [0.1, 0.15) is 30.0 Å². The Hall–Kier alpha value is -0.990.